The van der Waals surface area contributed by atoms with Crippen molar-refractivity contribution in [3.8, 4) is 5.75 Å². The number of sulfonamides is 1. The van der Waals surface area contributed by atoms with Gasteiger partial charge >= 0.3 is 0 Å². The lowest BCUT2D eigenvalue weighted by Gasteiger charge is -2.38. The minimum atomic E-state index is -3.46. The van der Waals surface area contributed by atoms with Crippen LogP contribution in [-0.2, 0) is 14.8 Å². The summed E-state index contributed by atoms with van der Waals surface area (Å²) < 4.78 is 31.3. The van der Waals surface area contributed by atoms with Gasteiger partial charge in [-0.1, -0.05) is 19.1 Å². The Morgan fingerprint density at radius 1 is 1.26 bits per heavy atom. The molecule has 7 heteroatoms. The summed E-state index contributed by atoms with van der Waals surface area (Å²) in [6.45, 7) is 3.57. The molecule has 3 rings (SSSR count). The van der Waals surface area contributed by atoms with Gasteiger partial charge in [-0.3, -0.25) is 9.10 Å². The number of carbonyl (C=O) groups excluding carboxylic acids is 1. The molecule has 126 valence electrons. The molecule has 1 aromatic rings. The van der Waals surface area contributed by atoms with Gasteiger partial charge in [-0.05, 0) is 30.9 Å². The monoisotopic (exact) mass is 338 g/mol. The lowest BCUT2D eigenvalue weighted by Crippen LogP contribution is -2.53. The molecule has 0 bridgehead atoms. The third-order valence-electron chi connectivity index (χ3n) is 4.38. The summed E-state index contributed by atoms with van der Waals surface area (Å²) in [7, 11) is -3.46. The highest BCUT2D eigenvalue weighted by atomic mass is 32.2. The number of ether oxygens (including phenoxy) is 1. The van der Waals surface area contributed by atoms with Gasteiger partial charge < -0.3 is 9.64 Å². The molecule has 0 saturated carbocycles. The molecular formula is C16H22N2O4S. The summed E-state index contributed by atoms with van der Waals surface area (Å²) in [6, 6.07) is 6.93. The van der Waals surface area contributed by atoms with Crippen LogP contribution in [0.3, 0.4) is 0 Å². The van der Waals surface area contributed by atoms with Crippen LogP contribution in [0.25, 0.3) is 0 Å². The zero-order valence-corrected chi connectivity index (χ0v) is 14.3. The second kappa shape index (κ2) is 6.03. The zero-order chi connectivity index (χ0) is 16.6. The predicted octanol–water partition coefficient (Wildman–Crippen LogP) is 1.47. The van der Waals surface area contributed by atoms with E-state index in [1.807, 2.05) is 0 Å². The number of nitrogens with zero attached hydrogens (tertiary/aromatic N) is 2. The smallest absolute Gasteiger partial charge is 0.265 e. The number of fused-ring (bicyclic) bond motifs is 1. The largest absolute Gasteiger partial charge is 0.476 e. The highest BCUT2D eigenvalue weighted by Gasteiger charge is 2.37. The van der Waals surface area contributed by atoms with Crippen LogP contribution in [-0.4, -0.2) is 51.2 Å². The van der Waals surface area contributed by atoms with Gasteiger partial charge in [-0.25, -0.2) is 8.42 Å². The minimum absolute atomic E-state index is 0.0273. The molecule has 0 N–H and O–H groups in total. The van der Waals surface area contributed by atoms with Crippen LogP contribution in [0.1, 0.15) is 19.8 Å². The second-order valence-corrected chi connectivity index (χ2v) is 8.31. The molecular weight excluding hydrogens is 316 g/mol. The van der Waals surface area contributed by atoms with Gasteiger partial charge in [0.1, 0.15) is 5.75 Å². The van der Waals surface area contributed by atoms with Gasteiger partial charge in [0, 0.05) is 13.1 Å². The predicted molar refractivity (Wildman–Crippen MR) is 88.0 cm³/mol. The van der Waals surface area contributed by atoms with Crippen LogP contribution < -0.4 is 9.04 Å². The van der Waals surface area contributed by atoms with E-state index in [0.717, 1.165) is 19.1 Å². The number of hydrogen-bond donors (Lipinski definition) is 0. The lowest BCUT2D eigenvalue weighted by atomic mass is 10.00. The molecule has 0 radical (unpaired) electrons. The van der Waals surface area contributed by atoms with E-state index in [0.29, 0.717) is 30.4 Å². The van der Waals surface area contributed by atoms with E-state index in [4.69, 9.17) is 4.74 Å². The van der Waals surface area contributed by atoms with Gasteiger partial charge in [0.25, 0.3) is 5.91 Å². The van der Waals surface area contributed by atoms with Crippen LogP contribution in [0.15, 0.2) is 24.3 Å². The third kappa shape index (κ3) is 3.29. The fourth-order valence-electron chi connectivity index (χ4n) is 3.24. The van der Waals surface area contributed by atoms with Crippen molar-refractivity contribution in [1.82, 2.24) is 4.90 Å². The normalized spacial score (nSPS) is 24.8. The number of para-hydroxylation sites is 2. The van der Waals surface area contributed by atoms with Crippen molar-refractivity contribution in [2.45, 2.75) is 25.9 Å². The van der Waals surface area contributed by atoms with Crippen molar-refractivity contribution in [1.29, 1.82) is 0 Å². The molecule has 2 aliphatic heterocycles. The number of piperidine rings is 1. The second-order valence-electron chi connectivity index (χ2n) is 6.40. The fraction of sp³-hybridized carbons (Fsp3) is 0.562. The topological polar surface area (TPSA) is 66.9 Å². The molecule has 1 aromatic carbocycles. The van der Waals surface area contributed by atoms with Gasteiger partial charge in [0.15, 0.2) is 6.10 Å². The highest BCUT2D eigenvalue weighted by Crippen LogP contribution is 2.35. The average Bonchev–Trinajstić information content (AvgIpc) is 2.52. The summed E-state index contributed by atoms with van der Waals surface area (Å²) in [5.41, 5.74) is 0.492. The number of hydrogen-bond acceptors (Lipinski definition) is 4. The van der Waals surface area contributed by atoms with Gasteiger partial charge in [-0.2, -0.15) is 0 Å². The maximum absolute atomic E-state index is 12.8. The summed E-state index contributed by atoms with van der Waals surface area (Å²) in [5, 5.41) is 0. The van der Waals surface area contributed by atoms with E-state index in [2.05, 4.69) is 6.92 Å². The van der Waals surface area contributed by atoms with Gasteiger partial charge in [0.2, 0.25) is 10.0 Å². The van der Waals surface area contributed by atoms with Crippen LogP contribution >= 0.6 is 0 Å². The molecule has 1 saturated heterocycles. The van der Waals surface area contributed by atoms with E-state index in [1.54, 1.807) is 29.2 Å². The molecule has 0 spiro atoms. The molecule has 1 fully saturated rings. The third-order valence-corrected chi connectivity index (χ3v) is 5.53. The summed E-state index contributed by atoms with van der Waals surface area (Å²) in [5.74, 6) is 0.780. The Hall–Kier alpha value is -1.76. The molecule has 0 aliphatic carbocycles. The Bertz CT molecular complexity index is 704. The highest BCUT2D eigenvalue weighted by molar-refractivity contribution is 7.92. The summed E-state index contributed by atoms with van der Waals surface area (Å²) >= 11 is 0. The minimum Gasteiger partial charge on any atom is -0.476 e. The maximum Gasteiger partial charge on any atom is 0.265 e. The van der Waals surface area contributed by atoms with Crippen LogP contribution in [0.5, 0.6) is 5.75 Å². The first kappa shape index (κ1) is 16.1. The Balaban J connectivity index is 1.86. The van der Waals surface area contributed by atoms with E-state index >= 15 is 0 Å². The number of amides is 1. The van der Waals surface area contributed by atoms with Crippen LogP contribution in [0.4, 0.5) is 5.69 Å². The Morgan fingerprint density at radius 3 is 2.70 bits per heavy atom. The number of rotatable bonds is 2. The number of likely N-dealkylation sites (tertiary alicyclic amines) is 1. The average molecular weight is 338 g/mol. The van der Waals surface area contributed by atoms with Crippen LogP contribution in [0.2, 0.25) is 0 Å². The molecule has 23 heavy (non-hydrogen) atoms. The van der Waals surface area contributed by atoms with Gasteiger partial charge in [0.05, 0.1) is 18.5 Å². The van der Waals surface area contributed by atoms with E-state index in [-0.39, 0.29) is 12.5 Å². The number of carbonyl (C=O) groups is 1. The Kier molecular flexibility index (Phi) is 4.23. The lowest BCUT2D eigenvalue weighted by molar-refractivity contribution is -0.140. The van der Waals surface area contributed by atoms with E-state index in [9.17, 15) is 13.2 Å². The molecule has 0 unspecified atom stereocenters. The quantitative estimate of drug-likeness (QED) is 0.819. The van der Waals surface area contributed by atoms with Crippen molar-refractivity contribution in [2.75, 3.05) is 30.2 Å². The zero-order valence-electron chi connectivity index (χ0n) is 13.4. The Morgan fingerprint density at radius 2 is 2.00 bits per heavy atom. The molecule has 2 aliphatic rings. The van der Waals surface area contributed by atoms with Gasteiger partial charge in [-0.15, -0.1) is 0 Å². The summed E-state index contributed by atoms with van der Waals surface area (Å²) in [4.78, 5) is 14.6. The molecule has 0 aromatic heterocycles. The maximum atomic E-state index is 12.8. The molecule has 6 nitrogen and oxygen atoms in total. The van der Waals surface area contributed by atoms with E-state index in [1.165, 1.54) is 4.31 Å². The first-order valence-corrected chi connectivity index (χ1v) is 9.73. The SMILES string of the molecule is C[C@H]1CCCN(C(=O)[C@H]2CN(S(C)(=O)=O)c3ccccc3O2)C1. The Labute approximate surface area is 137 Å². The van der Waals surface area contributed by atoms with Crippen LogP contribution in [0, 0.1) is 5.92 Å². The fourth-order valence-corrected chi connectivity index (χ4v) is 4.15. The van der Waals surface area contributed by atoms with Crippen molar-refractivity contribution in [3.05, 3.63) is 24.3 Å². The first-order valence-electron chi connectivity index (χ1n) is 7.88. The molecule has 2 heterocycles. The van der Waals surface area contributed by atoms with Crippen molar-refractivity contribution >= 4 is 21.6 Å². The van der Waals surface area contributed by atoms with Crippen molar-refractivity contribution in [3.63, 3.8) is 0 Å². The van der Waals surface area contributed by atoms with E-state index < -0.39 is 16.1 Å². The first-order chi connectivity index (χ1) is 10.9. The number of benzene rings is 1. The molecule has 2 atom stereocenters. The number of anilines is 1. The van der Waals surface area contributed by atoms with Crippen molar-refractivity contribution in [2.24, 2.45) is 5.92 Å². The van der Waals surface area contributed by atoms with Crippen molar-refractivity contribution < 1.29 is 17.9 Å². The molecule has 1 amide bonds. The summed E-state index contributed by atoms with van der Waals surface area (Å²) in [6.07, 6.45) is 2.46. The standard InChI is InChI=1S/C16H22N2O4S/c1-12-6-5-9-17(10-12)16(19)15-11-18(23(2,20)21)13-7-3-4-8-14(13)22-15/h3-4,7-8,12,15H,5-6,9-11H2,1-2H3/t12-,15+/m0/s1.